The average molecular weight is 239 g/mol. The topological polar surface area (TPSA) is 72.4 Å². The zero-order valence-corrected chi connectivity index (χ0v) is 10.3. The Bertz CT molecular complexity index is 361. The first-order valence-corrected chi connectivity index (χ1v) is 5.60. The maximum absolute atomic E-state index is 5.04. The summed E-state index contributed by atoms with van der Waals surface area (Å²) in [5, 5.41) is 3.23. The molecule has 0 bridgehead atoms. The summed E-state index contributed by atoms with van der Waals surface area (Å²) < 4.78 is 10.1. The predicted octanol–water partition coefficient (Wildman–Crippen LogP) is -0.313. The van der Waals surface area contributed by atoms with Crippen LogP contribution in [0.3, 0.4) is 0 Å². The summed E-state index contributed by atoms with van der Waals surface area (Å²) in [6.45, 7) is 4.80. The SMILES string of the molecule is CCN(c1nc(OC)nc(OC)n1)C1CNC1. The lowest BCUT2D eigenvalue weighted by Crippen LogP contribution is -2.57. The van der Waals surface area contributed by atoms with Gasteiger partial charge in [-0.25, -0.2) is 0 Å². The van der Waals surface area contributed by atoms with E-state index in [1.807, 2.05) is 0 Å². The summed E-state index contributed by atoms with van der Waals surface area (Å²) in [6, 6.07) is 0.979. The predicted molar refractivity (Wildman–Crippen MR) is 62.6 cm³/mol. The van der Waals surface area contributed by atoms with Gasteiger partial charge in [-0.1, -0.05) is 0 Å². The lowest BCUT2D eigenvalue weighted by molar-refractivity contribution is 0.336. The minimum atomic E-state index is 0.276. The molecular formula is C10H17N5O2. The Kier molecular flexibility index (Phi) is 3.58. The summed E-state index contributed by atoms with van der Waals surface area (Å²) in [7, 11) is 3.06. The molecule has 1 N–H and O–H groups in total. The summed E-state index contributed by atoms with van der Waals surface area (Å²) in [6.07, 6.45) is 0. The molecule has 0 unspecified atom stereocenters. The van der Waals surface area contributed by atoms with E-state index in [4.69, 9.17) is 9.47 Å². The van der Waals surface area contributed by atoms with Crippen LogP contribution in [0.4, 0.5) is 5.95 Å². The monoisotopic (exact) mass is 239 g/mol. The van der Waals surface area contributed by atoms with E-state index in [1.165, 1.54) is 14.2 Å². The first-order chi connectivity index (χ1) is 8.28. The van der Waals surface area contributed by atoms with Crippen molar-refractivity contribution in [3.63, 3.8) is 0 Å². The molecule has 7 heteroatoms. The largest absolute Gasteiger partial charge is 0.467 e. The van der Waals surface area contributed by atoms with Crippen LogP contribution in [-0.4, -0.2) is 54.8 Å². The Balaban J connectivity index is 2.27. The van der Waals surface area contributed by atoms with Crippen LogP contribution in [0.1, 0.15) is 6.92 Å². The second-order valence-electron chi connectivity index (χ2n) is 3.71. The number of methoxy groups -OCH3 is 2. The van der Waals surface area contributed by atoms with Crippen molar-refractivity contribution in [2.45, 2.75) is 13.0 Å². The molecule has 17 heavy (non-hydrogen) atoms. The molecular weight excluding hydrogens is 222 g/mol. The summed E-state index contributed by atoms with van der Waals surface area (Å²) >= 11 is 0. The maximum Gasteiger partial charge on any atom is 0.324 e. The summed E-state index contributed by atoms with van der Waals surface area (Å²) in [4.78, 5) is 14.6. The van der Waals surface area contributed by atoms with E-state index in [-0.39, 0.29) is 12.0 Å². The highest BCUT2D eigenvalue weighted by Gasteiger charge is 2.26. The van der Waals surface area contributed by atoms with Crippen LogP contribution in [0.5, 0.6) is 12.0 Å². The first kappa shape index (κ1) is 11.8. The van der Waals surface area contributed by atoms with Crippen LogP contribution in [0.15, 0.2) is 0 Å². The highest BCUT2D eigenvalue weighted by Crippen LogP contribution is 2.19. The molecule has 1 aliphatic heterocycles. The number of hydrogen-bond donors (Lipinski definition) is 1. The van der Waals surface area contributed by atoms with Gasteiger partial charge in [0.2, 0.25) is 5.95 Å². The number of ether oxygens (including phenoxy) is 2. The number of anilines is 1. The minimum Gasteiger partial charge on any atom is -0.467 e. The van der Waals surface area contributed by atoms with Gasteiger partial charge in [0, 0.05) is 19.6 Å². The van der Waals surface area contributed by atoms with Gasteiger partial charge in [0.15, 0.2) is 0 Å². The Hall–Kier alpha value is -1.63. The third-order valence-electron chi connectivity index (χ3n) is 2.75. The van der Waals surface area contributed by atoms with Crippen LogP contribution in [0, 0.1) is 0 Å². The van der Waals surface area contributed by atoms with E-state index in [0.717, 1.165) is 19.6 Å². The van der Waals surface area contributed by atoms with E-state index in [9.17, 15) is 0 Å². The van der Waals surface area contributed by atoms with Crippen molar-refractivity contribution in [3.8, 4) is 12.0 Å². The van der Waals surface area contributed by atoms with Gasteiger partial charge in [0.1, 0.15) is 0 Å². The molecule has 1 fully saturated rings. The van der Waals surface area contributed by atoms with Crippen LogP contribution < -0.4 is 19.7 Å². The van der Waals surface area contributed by atoms with Crippen molar-refractivity contribution in [2.75, 3.05) is 38.8 Å². The smallest absolute Gasteiger partial charge is 0.324 e. The lowest BCUT2D eigenvalue weighted by Gasteiger charge is -2.37. The van der Waals surface area contributed by atoms with E-state index in [0.29, 0.717) is 12.0 Å². The van der Waals surface area contributed by atoms with Gasteiger partial charge in [0.05, 0.1) is 20.3 Å². The molecule has 0 atom stereocenters. The van der Waals surface area contributed by atoms with Crippen molar-refractivity contribution < 1.29 is 9.47 Å². The number of nitrogens with zero attached hydrogens (tertiary/aromatic N) is 4. The average Bonchev–Trinajstić information content (AvgIpc) is 2.32. The molecule has 94 valence electrons. The lowest BCUT2D eigenvalue weighted by atomic mass is 10.1. The molecule has 0 aliphatic carbocycles. The zero-order chi connectivity index (χ0) is 12.3. The fourth-order valence-corrected chi connectivity index (χ4v) is 1.70. The Morgan fingerprint density at radius 1 is 1.18 bits per heavy atom. The van der Waals surface area contributed by atoms with Crippen LogP contribution in [0.25, 0.3) is 0 Å². The van der Waals surface area contributed by atoms with Gasteiger partial charge >= 0.3 is 12.0 Å². The Morgan fingerprint density at radius 2 is 1.76 bits per heavy atom. The number of likely N-dealkylation sites (N-methyl/N-ethyl adjacent to an activating group) is 1. The highest BCUT2D eigenvalue weighted by atomic mass is 16.5. The minimum absolute atomic E-state index is 0.276. The summed E-state index contributed by atoms with van der Waals surface area (Å²) in [5.41, 5.74) is 0. The van der Waals surface area contributed by atoms with Crippen molar-refractivity contribution in [1.29, 1.82) is 0 Å². The fourth-order valence-electron chi connectivity index (χ4n) is 1.70. The van der Waals surface area contributed by atoms with Crippen molar-refractivity contribution in [2.24, 2.45) is 0 Å². The first-order valence-electron chi connectivity index (χ1n) is 5.60. The van der Waals surface area contributed by atoms with Crippen molar-refractivity contribution in [3.05, 3.63) is 0 Å². The molecule has 1 aliphatic rings. The van der Waals surface area contributed by atoms with Gasteiger partial charge in [0.25, 0.3) is 0 Å². The quantitative estimate of drug-likeness (QED) is 0.755. The molecule has 0 amide bonds. The molecule has 2 heterocycles. The third-order valence-corrected chi connectivity index (χ3v) is 2.75. The van der Waals surface area contributed by atoms with Crippen LogP contribution in [0.2, 0.25) is 0 Å². The standard InChI is InChI=1S/C10H17N5O2/c1-4-15(7-5-11-6-7)8-12-9(16-2)14-10(13-8)17-3/h7,11H,4-6H2,1-3H3. The van der Waals surface area contributed by atoms with Gasteiger partial charge < -0.3 is 19.7 Å². The number of hydrogen-bond acceptors (Lipinski definition) is 7. The molecule has 1 aromatic heterocycles. The van der Waals surface area contributed by atoms with Crippen molar-refractivity contribution in [1.82, 2.24) is 20.3 Å². The van der Waals surface area contributed by atoms with Gasteiger partial charge in [-0.3, -0.25) is 0 Å². The van der Waals surface area contributed by atoms with Crippen LogP contribution >= 0.6 is 0 Å². The van der Waals surface area contributed by atoms with E-state index >= 15 is 0 Å². The Morgan fingerprint density at radius 3 is 2.12 bits per heavy atom. The molecule has 1 aromatic rings. The third kappa shape index (κ3) is 2.38. The normalized spacial score (nSPS) is 15.2. The van der Waals surface area contributed by atoms with E-state index in [1.54, 1.807) is 0 Å². The second kappa shape index (κ2) is 5.13. The van der Waals surface area contributed by atoms with Crippen molar-refractivity contribution >= 4 is 5.95 Å². The molecule has 0 radical (unpaired) electrons. The maximum atomic E-state index is 5.04. The number of rotatable bonds is 5. The fraction of sp³-hybridized carbons (Fsp3) is 0.700. The van der Waals surface area contributed by atoms with Gasteiger partial charge in [-0.05, 0) is 6.92 Å². The molecule has 7 nitrogen and oxygen atoms in total. The number of aromatic nitrogens is 3. The second-order valence-corrected chi connectivity index (χ2v) is 3.71. The van der Waals surface area contributed by atoms with Gasteiger partial charge in [-0.15, -0.1) is 4.98 Å². The van der Waals surface area contributed by atoms with E-state index in [2.05, 4.69) is 32.1 Å². The summed E-state index contributed by atoms with van der Waals surface area (Å²) in [5.74, 6) is 0.600. The van der Waals surface area contributed by atoms with Crippen LogP contribution in [-0.2, 0) is 0 Å². The zero-order valence-electron chi connectivity index (χ0n) is 10.3. The molecule has 0 spiro atoms. The molecule has 0 aromatic carbocycles. The molecule has 2 rings (SSSR count). The Labute approximate surface area is 100 Å². The number of nitrogens with one attached hydrogen (secondary N) is 1. The molecule has 1 saturated heterocycles. The highest BCUT2D eigenvalue weighted by molar-refractivity contribution is 5.35. The van der Waals surface area contributed by atoms with Gasteiger partial charge in [-0.2, -0.15) is 9.97 Å². The van der Waals surface area contributed by atoms with E-state index < -0.39 is 0 Å². The molecule has 0 saturated carbocycles.